The van der Waals surface area contributed by atoms with E-state index in [-0.39, 0.29) is 29.8 Å². The summed E-state index contributed by atoms with van der Waals surface area (Å²) in [5, 5.41) is 9.04. The normalized spacial score (nSPS) is 15.2. The van der Waals surface area contributed by atoms with Gasteiger partial charge in [-0.25, -0.2) is 4.39 Å². The number of aliphatic hydroxyl groups excluding tert-OH is 1. The monoisotopic (exact) mass is 588 g/mol. The molecule has 216 valence electrons. The number of hydrogen-bond donors (Lipinski definition) is 1. The zero-order valence-corrected chi connectivity index (χ0v) is 23.6. The molecule has 2 fully saturated rings. The van der Waals surface area contributed by atoms with Crippen LogP contribution in [0.1, 0.15) is 35.2 Å². The third-order valence-electron chi connectivity index (χ3n) is 7.52. The second kappa shape index (κ2) is 11.9. The molecule has 1 saturated heterocycles. The molecule has 2 amide bonds. The molecule has 42 heavy (non-hydrogen) atoms. The minimum Gasteiger partial charge on any atom is -0.453 e. The zero-order valence-electron chi connectivity index (χ0n) is 22.8. The van der Waals surface area contributed by atoms with Crippen molar-refractivity contribution in [2.45, 2.75) is 25.7 Å². The molecule has 0 radical (unpaired) electrons. The van der Waals surface area contributed by atoms with Crippen molar-refractivity contribution >= 4 is 39.2 Å². The number of ether oxygens (including phenoxy) is 1. The second-order valence-corrected chi connectivity index (χ2v) is 11.7. The number of carbonyl (C=O) groups is 3. The number of halogens is 1. The Morgan fingerprint density at radius 2 is 1.76 bits per heavy atom. The van der Waals surface area contributed by atoms with E-state index in [1.807, 2.05) is 6.07 Å². The maximum absolute atomic E-state index is 14.9. The van der Waals surface area contributed by atoms with Crippen LogP contribution in [0.5, 0.6) is 11.5 Å². The molecule has 1 saturated carbocycles. The summed E-state index contributed by atoms with van der Waals surface area (Å²) in [6.07, 6.45) is 6.13. The van der Waals surface area contributed by atoms with E-state index >= 15 is 0 Å². The summed E-state index contributed by atoms with van der Waals surface area (Å²) in [6.45, 7) is 0.999. The average Bonchev–Trinajstić information content (AvgIpc) is 3.71. The standard InChI is InChI=1S/C31H29FN4O5S/c32-23-15-20(14-22(38)13-19-1-2-19)3-6-26(23)41-27-7-8-33-25-16-28(42-30(25)27)24-5-4-21(17-34-24)31(40)36-11-9-35(10-12-36)29(39)18-37/h3-8,15-17,19,37H,1-2,9-14,18H2. The third kappa shape index (κ3) is 6.17. The van der Waals surface area contributed by atoms with Gasteiger partial charge < -0.3 is 19.6 Å². The van der Waals surface area contributed by atoms with Crippen molar-refractivity contribution in [2.24, 2.45) is 5.92 Å². The first-order valence-electron chi connectivity index (χ1n) is 13.9. The maximum Gasteiger partial charge on any atom is 0.255 e. The molecule has 11 heteroatoms. The Morgan fingerprint density at radius 3 is 2.45 bits per heavy atom. The summed E-state index contributed by atoms with van der Waals surface area (Å²) in [6, 6.07) is 11.7. The Bertz CT molecular complexity index is 1650. The highest BCUT2D eigenvalue weighted by atomic mass is 32.1. The molecular weight excluding hydrogens is 559 g/mol. The molecule has 3 aromatic heterocycles. The van der Waals surface area contributed by atoms with Crippen molar-refractivity contribution in [3.05, 3.63) is 71.8 Å². The molecule has 0 unspecified atom stereocenters. The molecule has 1 N–H and O–H groups in total. The Kier molecular flexibility index (Phi) is 7.94. The van der Waals surface area contributed by atoms with Crippen molar-refractivity contribution in [3.8, 4) is 22.1 Å². The van der Waals surface area contributed by atoms with Crippen LogP contribution >= 0.6 is 11.3 Å². The first-order chi connectivity index (χ1) is 20.4. The lowest BCUT2D eigenvalue weighted by atomic mass is 10.0. The fraction of sp³-hybridized carbons (Fsp3) is 0.323. The van der Waals surface area contributed by atoms with Crippen LogP contribution in [-0.2, 0) is 16.0 Å². The number of pyridine rings is 2. The lowest BCUT2D eigenvalue weighted by Crippen LogP contribution is -2.51. The van der Waals surface area contributed by atoms with Crippen LogP contribution in [0.4, 0.5) is 4.39 Å². The average molecular weight is 589 g/mol. The molecule has 1 aliphatic heterocycles. The van der Waals surface area contributed by atoms with E-state index in [2.05, 4.69) is 9.97 Å². The van der Waals surface area contributed by atoms with Gasteiger partial charge in [0.1, 0.15) is 18.1 Å². The van der Waals surface area contributed by atoms with Crippen LogP contribution < -0.4 is 4.74 Å². The molecule has 1 aliphatic carbocycles. The Morgan fingerprint density at radius 1 is 0.976 bits per heavy atom. The van der Waals surface area contributed by atoms with Gasteiger partial charge in [-0.3, -0.25) is 24.4 Å². The van der Waals surface area contributed by atoms with Gasteiger partial charge >= 0.3 is 0 Å². The van der Waals surface area contributed by atoms with E-state index in [1.54, 1.807) is 46.3 Å². The van der Waals surface area contributed by atoms with E-state index in [1.165, 1.54) is 23.6 Å². The summed E-state index contributed by atoms with van der Waals surface area (Å²) in [4.78, 5) is 49.8. The number of ketones is 1. The molecule has 9 nitrogen and oxygen atoms in total. The van der Waals surface area contributed by atoms with Gasteiger partial charge in [0.2, 0.25) is 5.91 Å². The van der Waals surface area contributed by atoms with Crippen LogP contribution in [0.2, 0.25) is 0 Å². The predicted octanol–water partition coefficient (Wildman–Crippen LogP) is 4.48. The van der Waals surface area contributed by atoms with Gasteiger partial charge in [0.05, 0.1) is 26.4 Å². The summed E-state index contributed by atoms with van der Waals surface area (Å²) >= 11 is 1.40. The van der Waals surface area contributed by atoms with Gasteiger partial charge in [-0.2, -0.15) is 0 Å². The van der Waals surface area contributed by atoms with Crippen LogP contribution in [0.15, 0.2) is 54.9 Å². The first-order valence-corrected chi connectivity index (χ1v) is 14.7. The Balaban J connectivity index is 1.14. The van der Waals surface area contributed by atoms with Gasteiger partial charge in [-0.1, -0.05) is 6.07 Å². The van der Waals surface area contributed by atoms with Crippen molar-refractivity contribution in [1.82, 2.24) is 19.8 Å². The summed E-state index contributed by atoms with van der Waals surface area (Å²) in [5.74, 6) is 0.125. The van der Waals surface area contributed by atoms with Gasteiger partial charge in [0, 0.05) is 57.5 Å². The first kappa shape index (κ1) is 27.9. The van der Waals surface area contributed by atoms with E-state index < -0.39 is 12.4 Å². The topological polar surface area (TPSA) is 113 Å². The predicted molar refractivity (Wildman–Crippen MR) is 155 cm³/mol. The molecule has 4 aromatic rings. The minimum absolute atomic E-state index is 0.0680. The van der Waals surface area contributed by atoms with Crippen molar-refractivity contribution in [1.29, 1.82) is 0 Å². The number of piperazine rings is 1. The molecule has 1 aromatic carbocycles. The number of carbonyl (C=O) groups excluding carboxylic acids is 3. The van der Waals surface area contributed by atoms with E-state index in [0.29, 0.717) is 66.6 Å². The van der Waals surface area contributed by atoms with Gasteiger partial charge in [-0.05, 0) is 54.7 Å². The molecule has 4 heterocycles. The van der Waals surface area contributed by atoms with E-state index in [4.69, 9.17) is 9.84 Å². The van der Waals surface area contributed by atoms with Crippen LogP contribution in [0.25, 0.3) is 20.8 Å². The van der Waals surface area contributed by atoms with Gasteiger partial charge in [0.15, 0.2) is 11.6 Å². The second-order valence-electron chi connectivity index (χ2n) is 10.6. The number of fused-ring (bicyclic) bond motifs is 1. The highest BCUT2D eigenvalue weighted by Crippen LogP contribution is 2.39. The highest BCUT2D eigenvalue weighted by Gasteiger charge is 2.26. The largest absolute Gasteiger partial charge is 0.453 e. The molecule has 6 rings (SSSR count). The maximum atomic E-state index is 14.9. The molecule has 0 bridgehead atoms. The molecule has 0 spiro atoms. The number of Topliss-reactive ketones (excluding diaryl/α,β-unsaturated/α-hetero) is 1. The summed E-state index contributed by atoms with van der Waals surface area (Å²) in [7, 11) is 0. The number of rotatable bonds is 9. The third-order valence-corrected chi connectivity index (χ3v) is 8.69. The lowest BCUT2D eigenvalue weighted by Gasteiger charge is -2.34. The minimum atomic E-state index is -0.534. The smallest absolute Gasteiger partial charge is 0.255 e. The summed E-state index contributed by atoms with van der Waals surface area (Å²) < 4.78 is 21.6. The molecule has 2 aliphatic rings. The van der Waals surface area contributed by atoms with E-state index in [0.717, 1.165) is 22.4 Å². The summed E-state index contributed by atoms with van der Waals surface area (Å²) in [5.41, 5.74) is 2.41. The fourth-order valence-corrected chi connectivity index (χ4v) is 6.07. The van der Waals surface area contributed by atoms with Crippen molar-refractivity contribution in [3.63, 3.8) is 0 Å². The van der Waals surface area contributed by atoms with Crippen LogP contribution in [0, 0.1) is 11.7 Å². The molecular formula is C31H29FN4O5S. The van der Waals surface area contributed by atoms with Crippen molar-refractivity contribution in [2.75, 3.05) is 32.8 Å². The Hall–Kier alpha value is -4.22. The number of hydrogen-bond acceptors (Lipinski definition) is 8. The number of aliphatic hydroxyl groups is 1. The zero-order chi connectivity index (χ0) is 29.2. The number of amides is 2. The van der Waals surface area contributed by atoms with Crippen LogP contribution in [0.3, 0.4) is 0 Å². The fourth-order valence-electron chi connectivity index (χ4n) is 5.03. The quantitative estimate of drug-likeness (QED) is 0.307. The number of benzene rings is 1. The number of nitrogens with zero attached hydrogens (tertiary/aromatic N) is 4. The SMILES string of the molecule is O=C(Cc1ccc(Oc2ccnc3cc(-c4ccc(C(=O)N5CCN(C(=O)CO)CC5)cn4)sc23)c(F)c1)CC1CC1. The van der Waals surface area contributed by atoms with Gasteiger partial charge in [-0.15, -0.1) is 11.3 Å². The number of thiophene rings is 1. The Labute approximate surface area is 245 Å². The highest BCUT2D eigenvalue weighted by molar-refractivity contribution is 7.22. The van der Waals surface area contributed by atoms with E-state index in [9.17, 15) is 18.8 Å². The molecule has 0 atom stereocenters. The lowest BCUT2D eigenvalue weighted by molar-refractivity contribution is -0.135. The van der Waals surface area contributed by atoms with Gasteiger partial charge in [0.25, 0.3) is 5.91 Å². The van der Waals surface area contributed by atoms with Crippen LogP contribution in [-0.4, -0.2) is 75.3 Å². The number of aromatic nitrogens is 2. The van der Waals surface area contributed by atoms with Crippen molar-refractivity contribution < 1.29 is 28.6 Å².